The molecule has 0 radical (unpaired) electrons. The molecule has 4 aromatic rings. The number of benzene rings is 2. The molecule has 2 aromatic carbocycles. The molecule has 0 spiro atoms. The first kappa shape index (κ1) is 26.4. The van der Waals surface area contributed by atoms with Crippen LogP contribution in [-0.4, -0.2) is 27.8 Å². The van der Waals surface area contributed by atoms with Gasteiger partial charge in [0, 0.05) is 29.1 Å². The minimum absolute atomic E-state index is 0.0119. The number of nitrogens with one attached hydrogen (secondary N) is 1. The summed E-state index contributed by atoms with van der Waals surface area (Å²) in [5.74, 6) is -0.789. The fraction of sp³-hybridized carbons (Fsp3) is 0.179. The predicted molar refractivity (Wildman–Crippen MR) is 136 cm³/mol. The second-order valence-electron chi connectivity index (χ2n) is 9.05. The molecule has 0 aliphatic carbocycles. The molecule has 0 saturated carbocycles. The summed E-state index contributed by atoms with van der Waals surface area (Å²) >= 11 is 0. The maximum Gasteiger partial charge on any atom is 0.416 e. The lowest BCUT2D eigenvalue weighted by molar-refractivity contribution is -0.688. The number of pyridine rings is 1. The van der Waals surface area contributed by atoms with Crippen LogP contribution in [0.3, 0.4) is 0 Å². The van der Waals surface area contributed by atoms with Crippen LogP contribution >= 0.6 is 0 Å². The summed E-state index contributed by atoms with van der Waals surface area (Å²) in [6.07, 6.45) is -0.956. The first-order valence-electron chi connectivity index (χ1n) is 12.0. The minimum atomic E-state index is -4.62. The molecule has 0 fully saturated rings. The Bertz CT molecular complexity index is 1730. The van der Waals surface area contributed by atoms with Gasteiger partial charge < -0.3 is 4.74 Å². The Morgan fingerprint density at radius 3 is 2.58 bits per heavy atom. The zero-order valence-corrected chi connectivity index (χ0v) is 21.3. The summed E-state index contributed by atoms with van der Waals surface area (Å²) in [6, 6.07) is 16.0. The molecule has 202 valence electrons. The van der Waals surface area contributed by atoms with Crippen LogP contribution in [0.5, 0.6) is 0 Å². The fourth-order valence-electron chi connectivity index (χ4n) is 4.89. The lowest BCUT2D eigenvalue weighted by Crippen LogP contribution is -2.39. The summed E-state index contributed by atoms with van der Waals surface area (Å²) < 4.78 is 48.8. The number of nitrogens with zero attached hydrogens (tertiary/aromatic N) is 5. The van der Waals surface area contributed by atoms with Crippen molar-refractivity contribution < 1.29 is 27.3 Å². The molecule has 1 aliphatic rings. The average Bonchev–Trinajstić information content (AvgIpc) is 3.32. The predicted octanol–water partition coefficient (Wildman–Crippen LogP) is 3.99. The highest BCUT2D eigenvalue weighted by Gasteiger charge is 2.41. The van der Waals surface area contributed by atoms with Crippen LogP contribution in [-0.2, 0) is 22.3 Å². The van der Waals surface area contributed by atoms with E-state index in [1.54, 1.807) is 25.1 Å². The Kier molecular flexibility index (Phi) is 6.73. The maximum absolute atomic E-state index is 13.6. The first-order chi connectivity index (χ1) is 19.1. The van der Waals surface area contributed by atoms with Crippen molar-refractivity contribution in [2.75, 3.05) is 12.0 Å². The van der Waals surface area contributed by atoms with Gasteiger partial charge in [0.05, 0.1) is 29.9 Å². The third-order valence-electron chi connectivity index (χ3n) is 6.68. The molecule has 0 amide bonds. The Morgan fingerprint density at radius 1 is 1.15 bits per heavy atom. The number of nitriles is 1. The monoisotopic (exact) mass is 547 g/mol. The van der Waals surface area contributed by atoms with Gasteiger partial charge in [-0.25, -0.2) is 23.8 Å². The second kappa shape index (κ2) is 10.2. The van der Waals surface area contributed by atoms with E-state index in [1.807, 2.05) is 35.2 Å². The van der Waals surface area contributed by atoms with Crippen molar-refractivity contribution in [1.29, 1.82) is 5.26 Å². The Balaban J connectivity index is 1.77. The van der Waals surface area contributed by atoms with Crippen LogP contribution in [0.15, 0.2) is 89.1 Å². The van der Waals surface area contributed by atoms with Gasteiger partial charge in [-0.05, 0) is 42.8 Å². The average molecular weight is 548 g/mol. The quantitative estimate of drug-likeness (QED) is 0.299. The molecule has 0 bridgehead atoms. The van der Waals surface area contributed by atoms with Gasteiger partial charge in [0.15, 0.2) is 18.9 Å². The molecule has 12 heteroatoms. The molecular weight excluding hydrogens is 525 g/mol. The number of halogens is 3. The van der Waals surface area contributed by atoms with Crippen molar-refractivity contribution in [1.82, 2.24) is 14.8 Å². The minimum Gasteiger partial charge on any atom is -0.466 e. The van der Waals surface area contributed by atoms with E-state index in [0.717, 1.165) is 12.1 Å². The molecule has 1 aliphatic heterocycles. The number of allylic oxidation sites excluding steroid dienone is 1. The number of rotatable bonds is 5. The van der Waals surface area contributed by atoms with Crippen molar-refractivity contribution in [3.63, 3.8) is 0 Å². The Hall–Kier alpha value is -5.18. The maximum atomic E-state index is 13.6. The summed E-state index contributed by atoms with van der Waals surface area (Å²) in [7, 11) is 1.18. The number of ether oxygens (including phenoxy) is 1. The molecule has 9 nitrogen and oxygen atoms in total. The van der Waals surface area contributed by atoms with Gasteiger partial charge in [0.25, 0.3) is 0 Å². The van der Waals surface area contributed by atoms with Crippen LogP contribution < -0.4 is 15.2 Å². The smallest absolute Gasteiger partial charge is 0.416 e. The van der Waals surface area contributed by atoms with E-state index >= 15 is 0 Å². The third kappa shape index (κ3) is 4.62. The van der Waals surface area contributed by atoms with E-state index in [9.17, 15) is 28.0 Å². The van der Waals surface area contributed by atoms with Crippen molar-refractivity contribution in [3.8, 4) is 6.07 Å². The standard InChI is InChI=1S/C28H21F3N6O3/c1-17-23(25(38)40-2)24(22-10-9-18(15-32)13-19(22)16-35-11-4-3-5-12-35)37-26(33-34-27(37)39)36(17)21-8-6-7-20(14-21)28(29,30)31/h3-14,24H,16H2,1-2H3/p+1. The van der Waals surface area contributed by atoms with Crippen LogP contribution in [0.25, 0.3) is 0 Å². The van der Waals surface area contributed by atoms with Gasteiger partial charge in [0.2, 0.25) is 5.95 Å². The Morgan fingerprint density at radius 2 is 1.90 bits per heavy atom. The molecule has 2 aromatic heterocycles. The number of aromatic amines is 1. The third-order valence-corrected chi connectivity index (χ3v) is 6.68. The van der Waals surface area contributed by atoms with Gasteiger partial charge in [0.1, 0.15) is 6.04 Å². The number of hydrogen-bond acceptors (Lipinski definition) is 6. The molecule has 1 atom stereocenters. The zero-order valence-electron chi connectivity index (χ0n) is 21.3. The normalized spacial score (nSPS) is 15.0. The highest BCUT2D eigenvalue weighted by atomic mass is 19.4. The number of carbonyl (C=O) groups excluding carboxylic acids is 1. The second-order valence-corrected chi connectivity index (χ2v) is 9.05. The van der Waals surface area contributed by atoms with Crippen LogP contribution in [0.2, 0.25) is 0 Å². The van der Waals surface area contributed by atoms with Crippen molar-refractivity contribution in [2.24, 2.45) is 0 Å². The summed E-state index contributed by atoms with van der Waals surface area (Å²) in [5.41, 5.74) is 0.241. The SMILES string of the molecule is COC(=O)C1=C(C)N(c2cccc(C(F)(F)F)c2)c2n[nH]c(=O)n2C1c1ccc(C#N)cc1C[n+]1ccccc1. The first-order valence-corrected chi connectivity index (χ1v) is 12.0. The van der Waals surface area contributed by atoms with E-state index in [1.165, 1.54) is 28.7 Å². The largest absolute Gasteiger partial charge is 0.466 e. The van der Waals surface area contributed by atoms with Gasteiger partial charge in [-0.15, -0.1) is 5.10 Å². The highest BCUT2D eigenvalue weighted by Crippen LogP contribution is 2.43. The molecule has 0 saturated heterocycles. The molecule has 1 N–H and O–H groups in total. The lowest BCUT2D eigenvalue weighted by atomic mass is 9.90. The van der Waals surface area contributed by atoms with E-state index in [-0.39, 0.29) is 22.9 Å². The number of anilines is 2. The summed E-state index contributed by atoms with van der Waals surface area (Å²) in [6.45, 7) is 1.85. The van der Waals surface area contributed by atoms with E-state index in [0.29, 0.717) is 23.2 Å². The molecule has 40 heavy (non-hydrogen) atoms. The van der Waals surface area contributed by atoms with Gasteiger partial charge >= 0.3 is 17.8 Å². The van der Waals surface area contributed by atoms with Crippen LogP contribution in [0, 0.1) is 11.3 Å². The van der Waals surface area contributed by atoms with E-state index < -0.39 is 29.4 Å². The summed E-state index contributed by atoms with van der Waals surface area (Å²) in [5, 5.41) is 16.1. The molecular formula is C28H22F3N6O3+. The number of fused-ring (bicyclic) bond motifs is 1. The van der Waals surface area contributed by atoms with Gasteiger partial charge in [-0.2, -0.15) is 18.4 Å². The van der Waals surface area contributed by atoms with Gasteiger partial charge in [-0.1, -0.05) is 18.2 Å². The number of carbonyl (C=O) groups is 1. The van der Waals surface area contributed by atoms with E-state index in [2.05, 4.69) is 16.3 Å². The topological polar surface area (TPSA) is 108 Å². The van der Waals surface area contributed by atoms with Crippen LogP contribution in [0.4, 0.5) is 24.8 Å². The lowest BCUT2D eigenvalue weighted by Gasteiger charge is -2.36. The summed E-state index contributed by atoms with van der Waals surface area (Å²) in [4.78, 5) is 27.8. The zero-order chi connectivity index (χ0) is 28.6. The number of hydrogen-bond donors (Lipinski definition) is 1. The fourth-order valence-corrected chi connectivity index (χ4v) is 4.89. The number of H-pyrrole nitrogens is 1. The van der Waals surface area contributed by atoms with E-state index in [4.69, 9.17) is 4.74 Å². The van der Waals surface area contributed by atoms with Crippen LogP contribution in [0.1, 0.15) is 35.2 Å². The number of methoxy groups -OCH3 is 1. The molecule has 3 heterocycles. The van der Waals surface area contributed by atoms with Crippen molar-refractivity contribution in [3.05, 3.63) is 117 Å². The number of esters is 1. The van der Waals surface area contributed by atoms with Gasteiger partial charge in [-0.3, -0.25) is 4.90 Å². The number of alkyl halides is 3. The van der Waals surface area contributed by atoms with Crippen molar-refractivity contribution >= 4 is 17.6 Å². The number of aromatic nitrogens is 4. The Labute approximate surface area is 226 Å². The van der Waals surface area contributed by atoms with Crippen molar-refractivity contribution in [2.45, 2.75) is 25.7 Å². The highest BCUT2D eigenvalue weighted by molar-refractivity contribution is 5.93. The molecule has 5 rings (SSSR count). The molecule has 1 unspecified atom stereocenters.